The highest BCUT2D eigenvalue weighted by Crippen LogP contribution is 2.31. The lowest BCUT2D eigenvalue weighted by molar-refractivity contribution is -0.123. The molecule has 0 unspecified atom stereocenters. The minimum absolute atomic E-state index is 0.000466. The van der Waals surface area contributed by atoms with Crippen LogP contribution in [0.5, 0.6) is 0 Å². The molecule has 3 fully saturated rings. The van der Waals surface area contributed by atoms with Crippen LogP contribution >= 0.6 is 23.2 Å². The Morgan fingerprint density at radius 1 is 0.822 bits per heavy atom. The van der Waals surface area contributed by atoms with Crippen molar-refractivity contribution in [3.8, 4) is 0 Å². The van der Waals surface area contributed by atoms with E-state index in [2.05, 4.69) is 4.90 Å². The van der Waals surface area contributed by atoms with Crippen molar-refractivity contribution in [1.82, 2.24) is 13.5 Å². The van der Waals surface area contributed by atoms with Gasteiger partial charge in [-0.2, -0.15) is 4.31 Å². The molecular weight excluding hydrogens is 655 g/mol. The summed E-state index contributed by atoms with van der Waals surface area (Å²) in [6, 6.07) is 12.7. The van der Waals surface area contributed by atoms with Gasteiger partial charge in [0.05, 0.1) is 21.2 Å². The van der Waals surface area contributed by atoms with Gasteiger partial charge in [0.1, 0.15) is 0 Å². The third kappa shape index (κ3) is 8.80. The second-order valence-electron chi connectivity index (χ2n) is 12.6. The van der Waals surface area contributed by atoms with Gasteiger partial charge in [-0.15, -0.1) is 0 Å². The van der Waals surface area contributed by atoms with Crippen LogP contribution in [0.25, 0.3) is 0 Å². The molecule has 0 bridgehead atoms. The fourth-order valence-corrected chi connectivity index (χ4v) is 9.43. The molecule has 5 rings (SSSR count). The van der Waals surface area contributed by atoms with E-state index in [1.54, 1.807) is 33.5 Å². The zero-order valence-corrected chi connectivity index (χ0v) is 29.1. The molecular formula is C32H44Cl2N4O5S2. The van der Waals surface area contributed by atoms with Crippen molar-refractivity contribution in [3.63, 3.8) is 0 Å². The van der Waals surface area contributed by atoms with E-state index in [9.17, 15) is 21.6 Å². The SMILES string of the molecule is CS(=O)(=O)N1CCC(C(=O)N(CCCN2CCC(Cc3ccc(S(=O)(=O)N4CCCC4)cc3)CC2)c2ccc(Cl)c(Cl)c2)CC1. The molecule has 248 valence electrons. The molecule has 0 radical (unpaired) electrons. The summed E-state index contributed by atoms with van der Waals surface area (Å²) in [7, 11) is -6.66. The first-order valence-corrected chi connectivity index (χ1v) is 20.0. The highest BCUT2D eigenvalue weighted by Gasteiger charge is 2.32. The van der Waals surface area contributed by atoms with Gasteiger partial charge in [-0.3, -0.25) is 4.79 Å². The van der Waals surface area contributed by atoms with Crippen LogP contribution in [0.15, 0.2) is 47.4 Å². The molecule has 2 aromatic rings. The first-order chi connectivity index (χ1) is 21.4. The standard InChI is InChI=1S/C32H44Cl2N4O5S2/c1-44(40,41)36-21-13-27(14-22-36)32(39)38(28-7-10-30(33)31(34)24-28)18-4-15-35-19-11-26(12-20-35)23-25-5-8-29(9-6-25)45(42,43)37-16-2-3-17-37/h5-10,24,26-27H,2-4,11-23H2,1H3. The fraction of sp³-hybridized carbons (Fsp3) is 0.594. The maximum Gasteiger partial charge on any atom is 0.243 e. The number of hydrogen-bond donors (Lipinski definition) is 0. The van der Waals surface area contributed by atoms with E-state index < -0.39 is 20.0 Å². The average molecular weight is 700 g/mol. The van der Waals surface area contributed by atoms with Gasteiger partial charge < -0.3 is 9.80 Å². The molecule has 0 aromatic heterocycles. The molecule has 3 aliphatic heterocycles. The number of piperidine rings is 2. The highest BCUT2D eigenvalue weighted by molar-refractivity contribution is 7.89. The van der Waals surface area contributed by atoms with E-state index in [-0.39, 0.29) is 11.8 Å². The summed E-state index contributed by atoms with van der Waals surface area (Å²) in [6.45, 7) is 5.29. The molecule has 0 aliphatic carbocycles. The molecule has 13 heteroatoms. The number of rotatable bonds is 11. The predicted molar refractivity (Wildman–Crippen MR) is 180 cm³/mol. The van der Waals surface area contributed by atoms with Gasteiger partial charge >= 0.3 is 0 Å². The maximum atomic E-state index is 13.7. The smallest absolute Gasteiger partial charge is 0.243 e. The summed E-state index contributed by atoms with van der Waals surface area (Å²) in [4.78, 5) is 18.4. The summed E-state index contributed by atoms with van der Waals surface area (Å²) >= 11 is 12.5. The van der Waals surface area contributed by atoms with Gasteiger partial charge in [0.15, 0.2) is 0 Å². The largest absolute Gasteiger partial charge is 0.312 e. The molecule has 0 saturated carbocycles. The monoisotopic (exact) mass is 698 g/mol. The van der Waals surface area contributed by atoms with Crippen molar-refractivity contribution in [1.29, 1.82) is 0 Å². The van der Waals surface area contributed by atoms with E-state index in [1.165, 1.54) is 16.1 Å². The molecule has 9 nitrogen and oxygen atoms in total. The van der Waals surface area contributed by atoms with Crippen molar-refractivity contribution in [2.24, 2.45) is 11.8 Å². The summed E-state index contributed by atoms with van der Waals surface area (Å²) in [6.07, 6.45) is 7.94. The topological polar surface area (TPSA) is 98.3 Å². The summed E-state index contributed by atoms with van der Waals surface area (Å²) < 4.78 is 52.6. The molecule has 0 N–H and O–H groups in total. The van der Waals surface area contributed by atoms with Gasteiger partial charge in [0.2, 0.25) is 26.0 Å². The Morgan fingerprint density at radius 3 is 2.07 bits per heavy atom. The van der Waals surface area contributed by atoms with Gasteiger partial charge in [0.25, 0.3) is 0 Å². The summed E-state index contributed by atoms with van der Waals surface area (Å²) in [5.41, 5.74) is 1.88. The van der Waals surface area contributed by atoms with E-state index >= 15 is 0 Å². The number of amides is 1. The maximum absolute atomic E-state index is 13.7. The Bertz CT molecular complexity index is 1530. The molecule has 1 amide bonds. The number of benzene rings is 2. The number of nitrogens with zero attached hydrogens (tertiary/aromatic N) is 4. The number of hydrogen-bond acceptors (Lipinski definition) is 6. The van der Waals surface area contributed by atoms with Crippen LogP contribution in [-0.4, -0.2) is 94.9 Å². The van der Waals surface area contributed by atoms with Crippen LogP contribution in [0.4, 0.5) is 5.69 Å². The first kappa shape index (κ1) is 34.6. The van der Waals surface area contributed by atoms with Gasteiger partial charge in [-0.25, -0.2) is 21.1 Å². The van der Waals surface area contributed by atoms with E-state index in [0.29, 0.717) is 72.1 Å². The molecule has 3 saturated heterocycles. The van der Waals surface area contributed by atoms with E-state index in [1.807, 2.05) is 18.2 Å². The molecule has 45 heavy (non-hydrogen) atoms. The zero-order valence-electron chi connectivity index (χ0n) is 25.9. The van der Waals surface area contributed by atoms with Gasteiger partial charge in [-0.1, -0.05) is 35.3 Å². The summed E-state index contributed by atoms with van der Waals surface area (Å²) in [5.74, 6) is 0.302. The Hall–Kier alpha value is -1.73. The number of sulfonamides is 2. The Balaban J connectivity index is 1.11. The zero-order chi connectivity index (χ0) is 32.2. The third-order valence-electron chi connectivity index (χ3n) is 9.47. The number of likely N-dealkylation sites (tertiary alicyclic amines) is 1. The fourth-order valence-electron chi connectivity index (χ4n) is 6.75. The van der Waals surface area contributed by atoms with Crippen molar-refractivity contribution in [2.45, 2.75) is 56.3 Å². The second kappa shape index (κ2) is 15.0. The van der Waals surface area contributed by atoms with Crippen molar-refractivity contribution in [3.05, 3.63) is 58.1 Å². The Morgan fingerprint density at radius 2 is 1.47 bits per heavy atom. The minimum atomic E-state index is -3.39. The average Bonchev–Trinajstić information content (AvgIpc) is 3.58. The lowest BCUT2D eigenvalue weighted by atomic mass is 9.90. The molecule has 2 aromatic carbocycles. The van der Waals surface area contributed by atoms with Crippen LogP contribution < -0.4 is 4.90 Å². The van der Waals surface area contributed by atoms with Crippen molar-refractivity contribution in [2.75, 3.05) is 63.5 Å². The Labute approximate surface area is 278 Å². The number of halogens is 2. The predicted octanol–water partition coefficient (Wildman–Crippen LogP) is 5.13. The van der Waals surface area contributed by atoms with Crippen LogP contribution in [0.2, 0.25) is 10.0 Å². The number of anilines is 1. The normalized spacial score (nSPS) is 20.1. The van der Waals surface area contributed by atoms with E-state index in [4.69, 9.17) is 23.2 Å². The van der Waals surface area contributed by atoms with Gasteiger partial charge in [0, 0.05) is 44.3 Å². The van der Waals surface area contributed by atoms with Crippen LogP contribution in [0.3, 0.4) is 0 Å². The molecule has 0 spiro atoms. The molecule has 3 aliphatic rings. The number of carbonyl (C=O) groups is 1. The quantitative estimate of drug-likeness (QED) is 0.323. The lowest BCUT2D eigenvalue weighted by Gasteiger charge is -2.35. The first-order valence-electron chi connectivity index (χ1n) is 15.9. The lowest BCUT2D eigenvalue weighted by Crippen LogP contribution is -2.45. The summed E-state index contributed by atoms with van der Waals surface area (Å²) in [5, 5.41) is 0.823. The minimum Gasteiger partial charge on any atom is -0.312 e. The number of carbonyl (C=O) groups excluding carboxylic acids is 1. The van der Waals surface area contributed by atoms with Crippen LogP contribution in [-0.2, 0) is 31.3 Å². The van der Waals surface area contributed by atoms with Crippen molar-refractivity contribution < 1.29 is 21.6 Å². The van der Waals surface area contributed by atoms with Crippen LogP contribution in [0, 0.1) is 11.8 Å². The third-order valence-corrected chi connectivity index (χ3v) is 13.4. The second-order valence-corrected chi connectivity index (χ2v) is 17.4. The van der Waals surface area contributed by atoms with Crippen molar-refractivity contribution >= 4 is 54.8 Å². The molecule has 3 heterocycles. The highest BCUT2D eigenvalue weighted by atomic mass is 35.5. The van der Waals surface area contributed by atoms with Gasteiger partial charge in [-0.05, 0) is 113 Å². The van der Waals surface area contributed by atoms with E-state index in [0.717, 1.165) is 58.2 Å². The molecule has 0 atom stereocenters. The van der Waals surface area contributed by atoms with Crippen LogP contribution in [0.1, 0.15) is 50.5 Å². The Kier molecular flexibility index (Phi) is 11.5.